The van der Waals surface area contributed by atoms with Gasteiger partial charge in [0.15, 0.2) is 0 Å². The van der Waals surface area contributed by atoms with Gasteiger partial charge in [0.05, 0.1) is 6.04 Å². The summed E-state index contributed by atoms with van der Waals surface area (Å²) in [5, 5.41) is 4.88. The molecule has 0 aliphatic rings. The molecule has 0 saturated heterocycles. The second-order valence-corrected chi connectivity index (χ2v) is 4.80. The highest BCUT2D eigenvalue weighted by Gasteiger charge is 2.19. The van der Waals surface area contributed by atoms with Crippen molar-refractivity contribution in [3.63, 3.8) is 0 Å². The molecule has 2 aromatic rings. The summed E-state index contributed by atoms with van der Waals surface area (Å²) in [5.74, 6) is 0.0234. The molecule has 0 radical (unpaired) electrons. The topological polar surface area (TPSA) is 68.0 Å². The number of hydrogen-bond donors (Lipinski definition) is 2. The fraction of sp³-hybridized carbons (Fsp3) is 0.333. The summed E-state index contributed by atoms with van der Waals surface area (Å²) in [6, 6.07) is 7.15. The lowest BCUT2D eigenvalue weighted by atomic mass is 9.99. The van der Waals surface area contributed by atoms with E-state index in [0.29, 0.717) is 0 Å². The molecule has 3 N–H and O–H groups in total. The van der Waals surface area contributed by atoms with E-state index in [0.717, 1.165) is 22.9 Å². The molecule has 0 unspecified atom stereocenters. The summed E-state index contributed by atoms with van der Waals surface area (Å²) in [4.78, 5) is 16.2. The minimum absolute atomic E-state index is 0.140. The van der Waals surface area contributed by atoms with Gasteiger partial charge in [0.2, 0.25) is 5.91 Å². The predicted octanol–water partition coefficient (Wildman–Crippen LogP) is 2.55. The molecule has 0 bridgehead atoms. The quantitative estimate of drug-likeness (QED) is 0.884. The maximum atomic E-state index is 12.1. The summed E-state index contributed by atoms with van der Waals surface area (Å²) in [5.41, 5.74) is 6.72. The monoisotopic (exact) mass is 257 g/mol. The van der Waals surface area contributed by atoms with E-state index in [1.165, 1.54) is 0 Å². The molecule has 19 heavy (non-hydrogen) atoms. The average molecular weight is 257 g/mol. The minimum Gasteiger partial charge on any atom is -0.324 e. The molecular formula is C15H19N3O. The number of carbonyl (C=O) groups excluding carboxylic acids is 1. The van der Waals surface area contributed by atoms with E-state index in [4.69, 9.17) is 5.73 Å². The maximum Gasteiger partial charge on any atom is 0.241 e. The van der Waals surface area contributed by atoms with Crippen LogP contribution < -0.4 is 11.1 Å². The first-order chi connectivity index (χ1) is 9.13. The summed E-state index contributed by atoms with van der Waals surface area (Å²) in [7, 11) is 0. The number of hydrogen-bond acceptors (Lipinski definition) is 3. The minimum atomic E-state index is -0.484. The van der Waals surface area contributed by atoms with Crippen molar-refractivity contribution in [2.75, 3.05) is 5.32 Å². The number of aromatic nitrogens is 1. The Bertz CT molecular complexity index is 577. The van der Waals surface area contributed by atoms with Gasteiger partial charge in [-0.15, -0.1) is 0 Å². The number of benzene rings is 1. The van der Waals surface area contributed by atoms with Crippen molar-refractivity contribution in [2.45, 2.75) is 26.3 Å². The van der Waals surface area contributed by atoms with Gasteiger partial charge in [-0.1, -0.05) is 32.4 Å². The Hall–Kier alpha value is -1.94. The number of amides is 1. The van der Waals surface area contributed by atoms with Crippen LogP contribution in [0.2, 0.25) is 0 Å². The van der Waals surface area contributed by atoms with E-state index in [1.54, 1.807) is 12.4 Å². The average Bonchev–Trinajstić information content (AvgIpc) is 2.46. The summed E-state index contributed by atoms with van der Waals surface area (Å²) < 4.78 is 0. The third-order valence-corrected chi connectivity index (χ3v) is 3.50. The van der Waals surface area contributed by atoms with Crippen LogP contribution in [-0.4, -0.2) is 16.9 Å². The zero-order valence-corrected chi connectivity index (χ0v) is 11.3. The van der Waals surface area contributed by atoms with Gasteiger partial charge >= 0.3 is 0 Å². The van der Waals surface area contributed by atoms with Gasteiger partial charge < -0.3 is 11.1 Å². The largest absolute Gasteiger partial charge is 0.324 e. The molecule has 0 fully saturated rings. The summed E-state index contributed by atoms with van der Waals surface area (Å²) in [6.45, 7) is 4.01. The van der Waals surface area contributed by atoms with Crippen LogP contribution in [0.15, 0.2) is 36.7 Å². The predicted molar refractivity (Wildman–Crippen MR) is 77.8 cm³/mol. The van der Waals surface area contributed by atoms with Gasteiger partial charge in [-0.25, -0.2) is 0 Å². The molecule has 1 amide bonds. The van der Waals surface area contributed by atoms with Gasteiger partial charge in [0, 0.05) is 28.9 Å². The van der Waals surface area contributed by atoms with Crippen LogP contribution in [0.5, 0.6) is 0 Å². The Morgan fingerprint density at radius 3 is 2.95 bits per heavy atom. The Morgan fingerprint density at radius 2 is 2.21 bits per heavy atom. The van der Waals surface area contributed by atoms with Crippen LogP contribution in [0.1, 0.15) is 20.3 Å². The first-order valence-electron chi connectivity index (χ1n) is 6.52. The van der Waals surface area contributed by atoms with E-state index in [-0.39, 0.29) is 11.8 Å². The number of carbonyl (C=O) groups is 1. The molecule has 1 heterocycles. The summed E-state index contributed by atoms with van der Waals surface area (Å²) >= 11 is 0. The fourth-order valence-corrected chi connectivity index (χ4v) is 1.96. The molecule has 2 rings (SSSR count). The van der Waals surface area contributed by atoms with Gasteiger partial charge in [-0.05, 0) is 18.1 Å². The van der Waals surface area contributed by atoms with Crippen LogP contribution in [0.3, 0.4) is 0 Å². The number of fused-ring (bicyclic) bond motifs is 1. The highest BCUT2D eigenvalue weighted by molar-refractivity contribution is 6.03. The van der Waals surface area contributed by atoms with Gasteiger partial charge in [-0.2, -0.15) is 0 Å². The zero-order valence-electron chi connectivity index (χ0n) is 11.3. The number of anilines is 1. The molecular weight excluding hydrogens is 238 g/mol. The molecule has 1 aromatic carbocycles. The third kappa shape index (κ3) is 2.90. The van der Waals surface area contributed by atoms with Gasteiger partial charge in [-0.3, -0.25) is 9.78 Å². The molecule has 0 spiro atoms. The number of nitrogens with zero attached hydrogens (tertiary/aromatic N) is 1. The standard InChI is InChI=1S/C15H19N3O/c1-3-10(2)14(16)15(19)18-13-6-4-5-11-9-17-8-7-12(11)13/h4-10,14H,3,16H2,1-2H3,(H,18,19)/t10-,14-/m0/s1. The Kier molecular flexibility index (Phi) is 4.12. The normalized spacial score (nSPS) is 14.1. The molecule has 0 saturated carbocycles. The molecule has 4 nitrogen and oxygen atoms in total. The Morgan fingerprint density at radius 1 is 1.42 bits per heavy atom. The van der Waals surface area contributed by atoms with Crippen LogP contribution in [0.25, 0.3) is 10.8 Å². The molecule has 0 aliphatic carbocycles. The Balaban J connectivity index is 2.24. The van der Waals surface area contributed by atoms with Crippen LogP contribution in [0, 0.1) is 5.92 Å². The lowest BCUT2D eigenvalue weighted by molar-refractivity contribution is -0.118. The van der Waals surface area contributed by atoms with Crippen molar-refractivity contribution in [2.24, 2.45) is 11.7 Å². The van der Waals surface area contributed by atoms with Crippen molar-refractivity contribution in [1.29, 1.82) is 0 Å². The molecule has 4 heteroatoms. The van der Waals surface area contributed by atoms with Gasteiger partial charge in [0.1, 0.15) is 0 Å². The molecule has 100 valence electrons. The lowest BCUT2D eigenvalue weighted by Gasteiger charge is -2.18. The Labute approximate surface area is 113 Å². The molecule has 0 aliphatic heterocycles. The van der Waals surface area contributed by atoms with E-state index in [9.17, 15) is 4.79 Å². The highest BCUT2D eigenvalue weighted by atomic mass is 16.2. The van der Waals surface area contributed by atoms with Gasteiger partial charge in [0.25, 0.3) is 0 Å². The molecule has 1 aromatic heterocycles. The van der Waals surface area contributed by atoms with Crippen molar-refractivity contribution in [1.82, 2.24) is 4.98 Å². The second-order valence-electron chi connectivity index (χ2n) is 4.80. The lowest BCUT2D eigenvalue weighted by Crippen LogP contribution is -2.40. The summed E-state index contributed by atoms with van der Waals surface area (Å²) in [6.07, 6.45) is 4.38. The second kappa shape index (κ2) is 5.80. The van der Waals surface area contributed by atoms with Crippen molar-refractivity contribution < 1.29 is 4.79 Å². The zero-order chi connectivity index (χ0) is 13.8. The van der Waals surface area contributed by atoms with E-state index in [2.05, 4.69) is 10.3 Å². The van der Waals surface area contributed by atoms with Crippen molar-refractivity contribution in [3.05, 3.63) is 36.7 Å². The van der Waals surface area contributed by atoms with Crippen molar-refractivity contribution >= 4 is 22.4 Å². The van der Waals surface area contributed by atoms with E-state index in [1.807, 2.05) is 38.1 Å². The first-order valence-corrected chi connectivity index (χ1v) is 6.52. The number of nitrogens with two attached hydrogens (primary N) is 1. The van der Waals surface area contributed by atoms with E-state index < -0.39 is 6.04 Å². The fourth-order valence-electron chi connectivity index (χ4n) is 1.96. The SMILES string of the molecule is CC[C@H](C)[C@H](N)C(=O)Nc1cccc2cnccc12. The number of nitrogens with one attached hydrogen (secondary N) is 1. The maximum absolute atomic E-state index is 12.1. The first kappa shape index (κ1) is 13.5. The third-order valence-electron chi connectivity index (χ3n) is 3.50. The van der Waals surface area contributed by atoms with Crippen LogP contribution in [-0.2, 0) is 4.79 Å². The van der Waals surface area contributed by atoms with Crippen LogP contribution in [0.4, 0.5) is 5.69 Å². The van der Waals surface area contributed by atoms with Crippen molar-refractivity contribution in [3.8, 4) is 0 Å². The smallest absolute Gasteiger partial charge is 0.241 e. The highest BCUT2D eigenvalue weighted by Crippen LogP contribution is 2.22. The van der Waals surface area contributed by atoms with E-state index >= 15 is 0 Å². The molecule has 2 atom stereocenters. The van der Waals surface area contributed by atoms with Crippen LogP contribution >= 0.6 is 0 Å². The number of pyridine rings is 1. The number of rotatable bonds is 4.